The Bertz CT molecular complexity index is 592. The molecule has 2 rings (SSSR count). The van der Waals surface area contributed by atoms with E-state index in [2.05, 4.69) is 10.3 Å². The van der Waals surface area contributed by atoms with Crippen LogP contribution in [0.5, 0.6) is 0 Å². The molecule has 3 N–H and O–H groups in total. The summed E-state index contributed by atoms with van der Waals surface area (Å²) in [4.78, 5) is 4.05. The number of aromatic nitrogens is 1. The molecule has 1 atom stereocenters. The Kier molecular flexibility index (Phi) is 3.39. The van der Waals surface area contributed by atoms with Crippen LogP contribution in [0, 0.1) is 17.2 Å². The molecular formula is C11H14N4O2S. The number of nitrogen functional groups attached to an aromatic ring is 1. The van der Waals surface area contributed by atoms with E-state index in [9.17, 15) is 8.42 Å². The zero-order chi connectivity index (χ0) is 13.2. The summed E-state index contributed by atoms with van der Waals surface area (Å²) in [6, 6.07) is 3.52. The fourth-order valence-corrected chi connectivity index (χ4v) is 3.85. The second-order valence-electron chi connectivity index (χ2n) is 4.38. The minimum atomic E-state index is -2.87. The number of nitrogens with two attached hydrogens (primary N) is 1. The number of hydrogen-bond donors (Lipinski definition) is 2. The molecule has 1 aliphatic rings. The molecule has 6 nitrogen and oxygen atoms in total. The van der Waals surface area contributed by atoms with Gasteiger partial charge in [-0.2, -0.15) is 5.26 Å². The quantitative estimate of drug-likeness (QED) is 0.818. The third-order valence-corrected chi connectivity index (χ3v) is 4.83. The van der Waals surface area contributed by atoms with Gasteiger partial charge < -0.3 is 11.1 Å². The monoisotopic (exact) mass is 266 g/mol. The lowest BCUT2D eigenvalue weighted by molar-refractivity contribution is 0.596. The molecule has 2 heterocycles. The summed E-state index contributed by atoms with van der Waals surface area (Å²) in [7, 11) is -2.87. The highest BCUT2D eigenvalue weighted by molar-refractivity contribution is 7.91. The van der Waals surface area contributed by atoms with Gasteiger partial charge in [0.25, 0.3) is 0 Å². The summed E-state index contributed by atoms with van der Waals surface area (Å²) in [6.45, 7) is 0.505. The van der Waals surface area contributed by atoms with Crippen molar-refractivity contribution in [3.63, 3.8) is 0 Å². The lowest BCUT2D eigenvalue weighted by Gasteiger charge is -2.12. The summed E-state index contributed by atoms with van der Waals surface area (Å²) in [5.74, 6) is 0.985. The zero-order valence-electron chi connectivity index (χ0n) is 9.76. The van der Waals surface area contributed by atoms with Gasteiger partial charge in [-0.15, -0.1) is 0 Å². The van der Waals surface area contributed by atoms with Gasteiger partial charge in [0.1, 0.15) is 6.07 Å². The minimum Gasteiger partial charge on any atom is -0.395 e. The van der Waals surface area contributed by atoms with Crippen molar-refractivity contribution in [2.45, 2.75) is 6.42 Å². The Morgan fingerprint density at radius 3 is 3.00 bits per heavy atom. The zero-order valence-corrected chi connectivity index (χ0v) is 10.6. The molecule has 0 saturated carbocycles. The highest BCUT2D eigenvalue weighted by atomic mass is 32.2. The maximum atomic E-state index is 11.3. The van der Waals surface area contributed by atoms with Gasteiger partial charge in [0, 0.05) is 12.7 Å². The second-order valence-corrected chi connectivity index (χ2v) is 6.61. The van der Waals surface area contributed by atoms with E-state index in [0.717, 1.165) is 0 Å². The van der Waals surface area contributed by atoms with E-state index >= 15 is 0 Å². The average molecular weight is 266 g/mol. The van der Waals surface area contributed by atoms with E-state index in [4.69, 9.17) is 11.0 Å². The van der Waals surface area contributed by atoms with Crippen molar-refractivity contribution in [1.29, 1.82) is 5.26 Å². The number of nitrogens with zero attached hydrogens (tertiary/aromatic N) is 2. The van der Waals surface area contributed by atoms with Gasteiger partial charge in [-0.25, -0.2) is 13.4 Å². The maximum Gasteiger partial charge on any atom is 0.150 e. The Balaban J connectivity index is 2.02. The van der Waals surface area contributed by atoms with Crippen LogP contribution in [-0.2, 0) is 9.84 Å². The SMILES string of the molecule is N#Cc1ccnc(NCC2CCS(=O)(=O)C2)c1N. The van der Waals surface area contributed by atoms with E-state index in [-0.39, 0.29) is 17.4 Å². The standard InChI is InChI=1S/C11H14N4O2S/c12-5-9-1-3-14-11(10(9)13)15-6-8-2-4-18(16,17)7-8/h1,3,8H,2,4,6-7,13H2,(H,14,15). The summed E-state index contributed by atoms with van der Waals surface area (Å²) in [5, 5.41) is 11.8. The van der Waals surface area contributed by atoms with Gasteiger partial charge >= 0.3 is 0 Å². The van der Waals surface area contributed by atoms with Gasteiger partial charge in [0.15, 0.2) is 15.7 Å². The second kappa shape index (κ2) is 4.82. The molecule has 1 aromatic heterocycles. The van der Waals surface area contributed by atoms with Crippen LogP contribution in [0.4, 0.5) is 11.5 Å². The lowest BCUT2D eigenvalue weighted by atomic mass is 10.1. The van der Waals surface area contributed by atoms with Crippen LogP contribution in [0.25, 0.3) is 0 Å². The highest BCUT2D eigenvalue weighted by Crippen LogP contribution is 2.22. The smallest absolute Gasteiger partial charge is 0.150 e. The normalized spacial score (nSPS) is 21.4. The summed E-state index contributed by atoms with van der Waals surface area (Å²) >= 11 is 0. The number of hydrogen-bond acceptors (Lipinski definition) is 6. The molecule has 0 aromatic carbocycles. The number of sulfone groups is 1. The number of pyridine rings is 1. The molecular weight excluding hydrogens is 252 g/mol. The van der Waals surface area contributed by atoms with Crippen molar-refractivity contribution in [1.82, 2.24) is 4.98 Å². The van der Waals surface area contributed by atoms with Crippen LogP contribution in [0.3, 0.4) is 0 Å². The van der Waals surface area contributed by atoms with E-state index in [1.54, 1.807) is 6.07 Å². The van der Waals surface area contributed by atoms with Crippen LogP contribution in [-0.4, -0.2) is 31.5 Å². The third kappa shape index (κ3) is 2.71. The topological polar surface area (TPSA) is 109 Å². The van der Waals surface area contributed by atoms with Crippen molar-refractivity contribution in [3.05, 3.63) is 17.8 Å². The third-order valence-electron chi connectivity index (χ3n) is 3.00. The van der Waals surface area contributed by atoms with Gasteiger partial charge in [0.2, 0.25) is 0 Å². The van der Waals surface area contributed by atoms with Crippen molar-refractivity contribution in [3.8, 4) is 6.07 Å². The molecule has 1 aromatic rings. The Labute approximate surface area is 106 Å². The lowest BCUT2D eigenvalue weighted by Crippen LogP contribution is -2.17. The summed E-state index contributed by atoms with van der Waals surface area (Å²) < 4.78 is 22.6. The predicted molar refractivity (Wildman–Crippen MR) is 68.6 cm³/mol. The minimum absolute atomic E-state index is 0.0851. The molecule has 1 aliphatic heterocycles. The molecule has 1 fully saturated rings. The fourth-order valence-electron chi connectivity index (χ4n) is 1.99. The van der Waals surface area contributed by atoms with Crippen molar-refractivity contribution in [2.24, 2.45) is 5.92 Å². The Morgan fingerprint density at radius 1 is 1.61 bits per heavy atom. The van der Waals surface area contributed by atoms with Crippen LogP contribution in [0.15, 0.2) is 12.3 Å². The molecule has 7 heteroatoms. The molecule has 0 spiro atoms. The van der Waals surface area contributed by atoms with E-state index in [1.807, 2.05) is 6.07 Å². The average Bonchev–Trinajstić information content (AvgIpc) is 2.68. The van der Waals surface area contributed by atoms with E-state index < -0.39 is 9.84 Å². The summed E-state index contributed by atoms with van der Waals surface area (Å²) in [6.07, 6.45) is 2.16. The van der Waals surface area contributed by atoms with Crippen molar-refractivity contribution in [2.75, 3.05) is 29.1 Å². The number of anilines is 2. The number of nitriles is 1. The first-order valence-electron chi connectivity index (χ1n) is 5.61. The molecule has 0 radical (unpaired) electrons. The van der Waals surface area contributed by atoms with Crippen molar-refractivity contribution < 1.29 is 8.42 Å². The fraction of sp³-hybridized carbons (Fsp3) is 0.455. The van der Waals surface area contributed by atoms with Gasteiger partial charge in [0.05, 0.1) is 22.8 Å². The molecule has 0 amide bonds. The molecule has 1 unspecified atom stereocenters. The Hall–Kier alpha value is -1.81. The van der Waals surface area contributed by atoms with Crippen LogP contribution >= 0.6 is 0 Å². The van der Waals surface area contributed by atoms with E-state index in [1.165, 1.54) is 6.20 Å². The maximum absolute atomic E-state index is 11.3. The van der Waals surface area contributed by atoms with Crippen molar-refractivity contribution >= 4 is 21.3 Å². The van der Waals surface area contributed by atoms with Gasteiger partial charge in [-0.3, -0.25) is 0 Å². The van der Waals surface area contributed by atoms with Crippen LogP contribution in [0.1, 0.15) is 12.0 Å². The molecule has 1 saturated heterocycles. The first kappa shape index (κ1) is 12.6. The Morgan fingerprint density at radius 2 is 2.39 bits per heavy atom. The first-order chi connectivity index (χ1) is 8.52. The highest BCUT2D eigenvalue weighted by Gasteiger charge is 2.27. The first-order valence-corrected chi connectivity index (χ1v) is 7.43. The largest absolute Gasteiger partial charge is 0.395 e. The van der Waals surface area contributed by atoms with Gasteiger partial charge in [-0.1, -0.05) is 0 Å². The molecule has 96 valence electrons. The number of nitrogens with one attached hydrogen (secondary N) is 1. The predicted octanol–water partition coefficient (Wildman–Crippen LogP) is 0.382. The molecule has 0 aliphatic carbocycles. The van der Waals surface area contributed by atoms with E-state index in [0.29, 0.717) is 30.0 Å². The van der Waals surface area contributed by atoms with Crippen LogP contribution < -0.4 is 11.1 Å². The number of rotatable bonds is 3. The van der Waals surface area contributed by atoms with Gasteiger partial charge in [-0.05, 0) is 18.4 Å². The molecule has 0 bridgehead atoms. The summed E-state index contributed by atoms with van der Waals surface area (Å²) in [5.41, 5.74) is 6.44. The molecule has 18 heavy (non-hydrogen) atoms. The van der Waals surface area contributed by atoms with Crippen LogP contribution in [0.2, 0.25) is 0 Å².